The van der Waals surface area contributed by atoms with Gasteiger partial charge in [-0.3, -0.25) is 19.5 Å². The fraction of sp³-hybridized carbons (Fsp3) is 0.120. The fourth-order valence-corrected chi connectivity index (χ4v) is 4.17. The number of nitro benzene ring substituents is 1. The molecule has 188 valence electrons. The maximum atomic E-state index is 12.4. The second-order valence-electron chi connectivity index (χ2n) is 7.51. The van der Waals surface area contributed by atoms with Gasteiger partial charge in [0.1, 0.15) is 5.75 Å². The monoisotopic (exact) mass is 536 g/mol. The van der Waals surface area contributed by atoms with Crippen molar-refractivity contribution < 1.29 is 14.5 Å². The Labute approximate surface area is 221 Å². The van der Waals surface area contributed by atoms with Crippen LogP contribution in [0.5, 0.6) is 5.75 Å². The van der Waals surface area contributed by atoms with Crippen molar-refractivity contribution in [2.45, 2.75) is 12.1 Å². The first-order valence-corrected chi connectivity index (χ1v) is 12.4. The Morgan fingerprint density at radius 3 is 2.62 bits per heavy atom. The van der Waals surface area contributed by atoms with Crippen molar-refractivity contribution in [2.75, 3.05) is 12.4 Å². The standard InChI is InChI=1S/C25H21ClN6O4S/c1-2-36-22-12-10-20(11-13-22)31-24(18-6-8-19(26)9-7-18)29-30-25(31)37-16-23(33)28-27-15-17-4-3-5-21(14-17)32(34)35/h3-15H,2,16H2,1H3,(H,28,33)/b27-15-. The molecule has 1 heterocycles. The molecule has 4 aromatic rings. The maximum absolute atomic E-state index is 12.4. The van der Waals surface area contributed by atoms with E-state index in [1.54, 1.807) is 24.3 Å². The summed E-state index contributed by atoms with van der Waals surface area (Å²) in [5.41, 5.74) is 4.46. The van der Waals surface area contributed by atoms with E-state index in [0.29, 0.717) is 28.2 Å². The van der Waals surface area contributed by atoms with Crippen molar-refractivity contribution in [1.82, 2.24) is 20.2 Å². The van der Waals surface area contributed by atoms with E-state index in [9.17, 15) is 14.9 Å². The summed E-state index contributed by atoms with van der Waals surface area (Å²) in [6, 6.07) is 20.7. The molecule has 10 nitrogen and oxygen atoms in total. The van der Waals surface area contributed by atoms with E-state index in [2.05, 4.69) is 20.7 Å². The average Bonchev–Trinajstić information content (AvgIpc) is 3.32. The number of nitrogens with zero attached hydrogens (tertiary/aromatic N) is 5. The number of hydrogen-bond acceptors (Lipinski definition) is 8. The van der Waals surface area contributed by atoms with E-state index < -0.39 is 4.92 Å². The molecule has 0 saturated carbocycles. The number of carbonyl (C=O) groups excluding carboxylic acids is 1. The van der Waals surface area contributed by atoms with E-state index in [1.165, 1.54) is 30.1 Å². The minimum Gasteiger partial charge on any atom is -0.494 e. The molecule has 0 radical (unpaired) electrons. The summed E-state index contributed by atoms with van der Waals surface area (Å²) < 4.78 is 7.39. The van der Waals surface area contributed by atoms with Gasteiger partial charge >= 0.3 is 0 Å². The zero-order chi connectivity index (χ0) is 26.2. The van der Waals surface area contributed by atoms with Gasteiger partial charge in [0.15, 0.2) is 11.0 Å². The number of benzene rings is 3. The van der Waals surface area contributed by atoms with Crippen LogP contribution in [-0.2, 0) is 4.79 Å². The highest BCUT2D eigenvalue weighted by atomic mass is 35.5. The van der Waals surface area contributed by atoms with Crippen molar-refractivity contribution in [2.24, 2.45) is 5.10 Å². The number of thioether (sulfide) groups is 1. The van der Waals surface area contributed by atoms with E-state index in [-0.39, 0.29) is 17.3 Å². The molecule has 0 aliphatic heterocycles. The highest BCUT2D eigenvalue weighted by Gasteiger charge is 2.17. The number of nitro groups is 1. The quantitative estimate of drug-likeness (QED) is 0.129. The van der Waals surface area contributed by atoms with Crippen molar-refractivity contribution in [3.8, 4) is 22.8 Å². The number of carbonyl (C=O) groups is 1. The molecule has 1 amide bonds. The highest BCUT2D eigenvalue weighted by molar-refractivity contribution is 7.99. The molecule has 1 aromatic heterocycles. The summed E-state index contributed by atoms with van der Waals surface area (Å²) in [6.45, 7) is 2.47. The Morgan fingerprint density at radius 2 is 1.92 bits per heavy atom. The van der Waals surface area contributed by atoms with Crippen LogP contribution in [0.25, 0.3) is 17.1 Å². The molecule has 0 spiro atoms. The molecule has 0 atom stereocenters. The van der Waals surface area contributed by atoms with Gasteiger partial charge in [-0.2, -0.15) is 5.10 Å². The predicted molar refractivity (Wildman–Crippen MR) is 143 cm³/mol. The molecule has 3 aromatic carbocycles. The second kappa shape index (κ2) is 12.2. The Kier molecular flexibility index (Phi) is 8.49. The predicted octanol–water partition coefficient (Wildman–Crippen LogP) is 5.14. The number of amides is 1. The summed E-state index contributed by atoms with van der Waals surface area (Å²) in [4.78, 5) is 22.8. The van der Waals surface area contributed by atoms with Crippen molar-refractivity contribution in [3.05, 3.63) is 93.5 Å². The topological polar surface area (TPSA) is 125 Å². The lowest BCUT2D eigenvalue weighted by Gasteiger charge is -2.11. The lowest BCUT2D eigenvalue weighted by Crippen LogP contribution is -2.20. The minimum absolute atomic E-state index is 0.0159. The van der Waals surface area contributed by atoms with Crippen LogP contribution in [0.4, 0.5) is 5.69 Å². The zero-order valence-corrected chi connectivity index (χ0v) is 21.1. The molecule has 0 fully saturated rings. The third kappa shape index (κ3) is 6.72. The molecular formula is C25H21ClN6O4S. The van der Waals surface area contributed by atoms with Crippen LogP contribution in [0.1, 0.15) is 12.5 Å². The van der Waals surface area contributed by atoms with Crippen LogP contribution in [0.15, 0.2) is 83.1 Å². The van der Waals surface area contributed by atoms with Gasteiger partial charge in [-0.15, -0.1) is 10.2 Å². The summed E-state index contributed by atoms with van der Waals surface area (Å²) in [5, 5.41) is 24.6. The van der Waals surface area contributed by atoms with Crippen molar-refractivity contribution >= 4 is 41.2 Å². The average molecular weight is 537 g/mol. The maximum Gasteiger partial charge on any atom is 0.270 e. The van der Waals surface area contributed by atoms with Gasteiger partial charge < -0.3 is 4.74 Å². The minimum atomic E-state index is -0.495. The van der Waals surface area contributed by atoms with Crippen molar-refractivity contribution in [1.29, 1.82) is 0 Å². The summed E-state index contributed by atoms with van der Waals surface area (Å²) in [5.74, 6) is 0.971. The van der Waals surface area contributed by atoms with Gasteiger partial charge in [0, 0.05) is 34.0 Å². The second-order valence-corrected chi connectivity index (χ2v) is 8.89. The summed E-state index contributed by atoms with van der Waals surface area (Å²) in [7, 11) is 0. The third-order valence-electron chi connectivity index (χ3n) is 4.96. The molecule has 0 aliphatic carbocycles. The van der Waals surface area contributed by atoms with Gasteiger partial charge in [-0.1, -0.05) is 35.5 Å². The molecular weight excluding hydrogens is 516 g/mol. The lowest BCUT2D eigenvalue weighted by molar-refractivity contribution is -0.384. The van der Waals surface area contributed by atoms with E-state index in [0.717, 1.165) is 17.0 Å². The van der Waals surface area contributed by atoms with E-state index in [4.69, 9.17) is 16.3 Å². The molecule has 1 N–H and O–H groups in total. The Hall–Kier alpha value is -4.22. The number of hydrazone groups is 1. The molecule has 0 unspecified atom stereocenters. The van der Waals surface area contributed by atoms with Gasteiger partial charge in [-0.05, 0) is 55.5 Å². The first-order chi connectivity index (χ1) is 17.9. The number of hydrogen-bond donors (Lipinski definition) is 1. The van der Waals surface area contributed by atoms with Gasteiger partial charge in [0.25, 0.3) is 11.6 Å². The van der Waals surface area contributed by atoms with Gasteiger partial charge in [0.2, 0.25) is 0 Å². The van der Waals surface area contributed by atoms with Gasteiger partial charge in [0.05, 0.1) is 23.5 Å². The van der Waals surface area contributed by atoms with E-state index >= 15 is 0 Å². The smallest absolute Gasteiger partial charge is 0.270 e. The molecule has 12 heteroatoms. The zero-order valence-electron chi connectivity index (χ0n) is 19.6. The molecule has 4 rings (SSSR count). The van der Waals surface area contributed by atoms with E-state index in [1.807, 2.05) is 47.9 Å². The molecule has 0 aliphatic rings. The Balaban J connectivity index is 1.50. The number of rotatable bonds is 10. The lowest BCUT2D eigenvalue weighted by atomic mass is 10.2. The number of halogens is 1. The van der Waals surface area contributed by atoms with Crippen LogP contribution in [0.3, 0.4) is 0 Å². The number of non-ortho nitro benzene ring substituents is 1. The van der Waals surface area contributed by atoms with Crippen LogP contribution in [0.2, 0.25) is 5.02 Å². The molecule has 37 heavy (non-hydrogen) atoms. The molecule has 0 bridgehead atoms. The first kappa shape index (κ1) is 25.9. The first-order valence-electron chi connectivity index (χ1n) is 11.1. The highest BCUT2D eigenvalue weighted by Crippen LogP contribution is 2.29. The van der Waals surface area contributed by atoms with Crippen LogP contribution in [-0.4, -0.2) is 44.2 Å². The van der Waals surface area contributed by atoms with Crippen LogP contribution >= 0.6 is 23.4 Å². The van der Waals surface area contributed by atoms with Crippen molar-refractivity contribution in [3.63, 3.8) is 0 Å². The number of ether oxygens (including phenoxy) is 1. The van der Waals surface area contributed by atoms with Crippen LogP contribution < -0.4 is 10.2 Å². The largest absolute Gasteiger partial charge is 0.494 e. The van der Waals surface area contributed by atoms with Crippen LogP contribution in [0, 0.1) is 10.1 Å². The van der Waals surface area contributed by atoms with Gasteiger partial charge in [-0.25, -0.2) is 5.43 Å². The number of aromatic nitrogens is 3. The third-order valence-corrected chi connectivity index (χ3v) is 6.14. The fourth-order valence-electron chi connectivity index (χ4n) is 3.30. The summed E-state index contributed by atoms with van der Waals surface area (Å²) >= 11 is 7.24. The normalized spacial score (nSPS) is 11.0. The Bertz CT molecular complexity index is 1420. The number of nitrogens with one attached hydrogen (secondary N) is 1. The molecule has 0 saturated heterocycles. The summed E-state index contributed by atoms with van der Waals surface area (Å²) in [6.07, 6.45) is 1.34. The Morgan fingerprint density at radius 1 is 1.16 bits per heavy atom. The SMILES string of the molecule is CCOc1ccc(-n2c(SCC(=O)N/N=C\c3cccc([N+](=O)[O-])c3)nnc2-c2ccc(Cl)cc2)cc1.